The highest BCUT2D eigenvalue weighted by Crippen LogP contribution is 2.22. The third kappa shape index (κ3) is 4.24. The maximum absolute atomic E-state index is 12.1. The Kier molecular flexibility index (Phi) is 5.20. The smallest absolute Gasteiger partial charge is 0.230 e. The zero-order chi connectivity index (χ0) is 14.5. The van der Waals surface area contributed by atoms with Crippen LogP contribution in [0.2, 0.25) is 0 Å². The van der Waals surface area contributed by atoms with Gasteiger partial charge in [-0.15, -0.1) is 11.8 Å². The van der Waals surface area contributed by atoms with Crippen LogP contribution in [0, 0.1) is 0 Å². The summed E-state index contributed by atoms with van der Waals surface area (Å²) >= 11 is 1.83. The van der Waals surface area contributed by atoms with Gasteiger partial charge >= 0.3 is 0 Å². The van der Waals surface area contributed by atoms with Crippen LogP contribution in [0.4, 0.5) is 0 Å². The standard InChI is InChI=1S/C17H24N2OS/c20-17(12-21-16-7-9-18-10-8-16)19-15-6-5-13-3-1-2-4-14(13)11-15/h1-4,15-16,18H,5-12H2,(H,19,20). The number of nitrogens with one attached hydrogen (secondary N) is 2. The number of fused-ring (bicyclic) bond motifs is 1. The van der Waals surface area contributed by atoms with Crippen LogP contribution in [0.5, 0.6) is 0 Å². The summed E-state index contributed by atoms with van der Waals surface area (Å²) in [5, 5.41) is 7.24. The molecule has 1 amide bonds. The molecular weight excluding hydrogens is 280 g/mol. The van der Waals surface area contributed by atoms with Crippen LogP contribution in [-0.2, 0) is 17.6 Å². The van der Waals surface area contributed by atoms with E-state index in [0.29, 0.717) is 17.0 Å². The van der Waals surface area contributed by atoms with E-state index in [-0.39, 0.29) is 5.91 Å². The van der Waals surface area contributed by atoms with Crippen LogP contribution in [-0.4, -0.2) is 36.0 Å². The summed E-state index contributed by atoms with van der Waals surface area (Å²) in [6, 6.07) is 8.92. The number of carbonyl (C=O) groups excluding carboxylic acids is 1. The molecule has 0 aromatic heterocycles. The molecule has 1 aromatic rings. The zero-order valence-electron chi connectivity index (χ0n) is 12.4. The molecule has 1 aromatic carbocycles. The van der Waals surface area contributed by atoms with E-state index in [1.54, 1.807) is 0 Å². The first-order valence-corrected chi connectivity index (χ1v) is 9.04. The minimum absolute atomic E-state index is 0.211. The van der Waals surface area contributed by atoms with Gasteiger partial charge in [-0.2, -0.15) is 0 Å². The van der Waals surface area contributed by atoms with E-state index in [9.17, 15) is 4.79 Å². The van der Waals surface area contributed by atoms with Crippen molar-refractivity contribution in [2.24, 2.45) is 0 Å². The fourth-order valence-corrected chi connectivity index (χ4v) is 4.29. The lowest BCUT2D eigenvalue weighted by molar-refractivity contribution is -0.119. The maximum Gasteiger partial charge on any atom is 0.230 e. The lowest BCUT2D eigenvalue weighted by atomic mass is 9.88. The van der Waals surface area contributed by atoms with Gasteiger partial charge < -0.3 is 10.6 Å². The Morgan fingerprint density at radius 1 is 1.19 bits per heavy atom. The average Bonchev–Trinajstić information content (AvgIpc) is 2.54. The second kappa shape index (κ2) is 7.32. The number of thioether (sulfide) groups is 1. The number of benzene rings is 1. The molecule has 2 N–H and O–H groups in total. The quantitative estimate of drug-likeness (QED) is 0.895. The molecule has 2 aliphatic rings. The largest absolute Gasteiger partial charge is 0.352 e. The minimum atomic E-state index is 0.211. The Morgan fingerprint density at radius 3 is 2.76 bits per heavy atom. The lowest BCUT2D eigenvalue weighted by Gasteiger charge is -2.26. The summed E-state index contributed by atoms with van der Waals surface area (Å²) in [5.74, 6) is 0.825. The second-order valence-electron chi connectivity index (χ2n) is 6.04. The van der Waals surface area contributed by atoms with Crippen molar-refractivity contribution in [3.8, 4) is 0 Å². The third-order valence-corrected chi connectivity index (χ3v) is 5.82. The van der Waals surface area contributed by atoms with E-state index in [1.165, 1.54) is 24.0 Å². The van der Waals surface area contributed by atoms with Gasteiger partial charge in [-0.25, -0.2) is 0 Å². The number of piperidine rings is 1. The molecule has 4 heteroatoms. The zero-order valence-corrected chi connectivity index (χ0v) is 13.3. The molecule has 3 rings (SSSR count). The van der Waals surface area contributed by atoms with Crippen molar-refractivity contribution in [1.29, 1.82) is 0 Å². The van der Waals surface area contributed by atoms with Gasteiger partial charge in [-0.1, -0.05) is 24.3 Å². The summed E-state index contributed by atoms with van der Waals surface area (Å²) in [5.41, 5.74) is 2.85. The molecule has 0 bridgehead atoms. The molecule has 114 valence electrons. The first-order valence-electron chi connectivity index (χ1n) is 8.00. The predicted octanol–water partition coefficient (Wildman–Crippen LogP) is 2.15. The Balaban J connectivity index is 1.43. The molecule has 3 nitrogen and oxygen atoms in total. The summed E-state index contributed by atoms with van der Waals surface area (Å²) in [6.45, 7) is 2.19. The lowest BCUT2D eigenvalue weighted by Crippen LogP contribution is -2.40. The van der Waals surface area contributed by atoms with Crippen molar-refractivity contribution in [2.75, 3.05) is 18.8 Å². The van der Waals surface area contributed by atoms with Crippen molar-refractivity contribution in [2.45, 2.75) is 43.4 Å². The highest BCUT2D eigenvalue weighted by atomic mass is 32.2. The third-order valence-electron chi connectivity index (χ3n) is 4.45. The van der Waals surface area contributed by atoms with E-state index in [0.717, 1.165) is 32.4 Å². The van der Waals surface area contributed by atoms with Gasteiger partial charge in [0.2, 0.25) is 5.91 Å². The van der Waals surface area contributed by atoms with Crippen LogP contribution in [0.1, 0.15) is 30.4 Å². The molecule has 1 heterocycles. The van der Waals surface area contributed by atoms with Crippen LogP contribution >= 0.6 is 11.8 Å². The fraction of sp³-hybridized carbons (Fsp3) is 0.588. The van der Waals surface area contributed by atoms with E-state index in [4.69, 9.17) is 0 Å². The summed E-state index contributed by atoms with van der Waals surface area (Å²) in [6.07, 6.45) is 5.52. The Morgan fingerprint density at radius 2 is 1.95 bits per heavy atom. The predicted molar refractivity (Wildman–Crippen MR) is 88.7 cm³/mol. The van der Waals surface area contributed by atoms with Crippen LogP contribution in [0.15, 0.2) is 24.3 Å². The molecule has 21 heavy (non-hydrogen) atoms. The van der Waals surface area contributed by atoms with E-state index >= 15 is 0 Å². The van der Waals surface area contributed by atoms with Gasteiger partial charge in [0.1, 0.15) is 0 Å². The van der Waals surface area contributed by atoms with Gasteiger partial charge in [-0.05, 0) is 56.3 Å². The monoisotopic (exact) mass is 304 g/mol. The van der Waals surface area contributed by atoms with Crippen LogP contribution < -0.4 is 10.6 Å². The van der Waals surface area contributed by atoms with Crippen molar-refractivity contribution < 1.29 is 4.79 Å². The molecule has 0 spiro atoms. The van der Waals surface area contributed by atoms with Gasteiger partial charge in [-0.3, -0.25) is 4.79 Å². The Labute approximate surface area is 131 Å². The van der Waals surface area contributed by atoms with Crippen molar-refractivity contribution in [1.82, 2.24) is 10.6 Å². The number of hydrogen-bond donors (Lipinski definition) is 2. The number of carbonyl (C=O) groups is 1. The molecule has 1 unspecified atom stereocenters. The molecule has 1 aliphatic heterocycles. The van der Waals surface area contributed by atoms with Crippen LogP contribution in [0.25, 0.3) is 0 Å². The molecule has 0 saturated carbocycles. The van der Waals surface area contributed by atoms with Crippen molar-refractivity contribution >= 4 is 17.7 Å². The highest BCUT2D eigenvalue weighted by molar-refractivity contribution is 8.00. The van der Waals surface area contributed by atoms with E-state index < -0.39 is 0 Å². The molecule has 0 radical (unpaired) electrons. The first-order chi connectivity index (χ1) is 10.3. The first kappa shape index (κ1) is 14.9. The molecule has 1 atom stereocenters. The van der Waals surface area contributed by atoms with E-state index in [1.807, 2.05) is 11.8 Å². The topological polar surface area (TPSA) is 41.1 Å². The molecule has 1 saturated heterocycles. The Bertz CT molecular complexity index is 485. The number of rotatable bonds is 4. The number of amides is 1. The second-order valence-corrected chi connectivity index (χ2v) is 7.32. The molecule has 1 aliphatic carbocycles. The number of hydrogen-bond acceptors (Lipinski definition) is 3. The maximum atomic E-state index is 12.1. The minimum Gasteiger partial charge on any atom is -0.352 e. The van der Waals surface area contributed by atoms with Gasteiger partial charge in [0.05, 0.1) is 5.75 Å². The van der Waals surface area contributed by atoms with Gasteiger partial charge in [0.25, 0.3) is 0 Å². The SMILES string of the molecule is O=C(CSC1CCNCC1)NC1CCc2ccccc2C1. The van der Waals surface area contributed by atoms with Crippen molar-refractivity contribution in [3.63, 3.8) is 0 Å². The fourth-order valence-electron chi connectivity index (χ4n) is 3.25. The normalized spacial score (nSPS) is 22.6. The summed E-state index contributed by atoms with van der Waals surface area (Å²) < 4.78 is 0. The van der Waals surface area contributed by atoms with E-state index in [2.05, 4.69) is 34.9 Å². The van der Waals surface area contributed by atoms with Gasteiger partial charge in [0.15, 0.2) is 0 Å². The molecule has 1 fully saturated rings. The summed E-state index contributed by atoms with van der Waals surface area (Å²) in [7, 11) is 0. The average molecular weight is 304 g/mol. The van der Waals surface area contributed by atoms with Crippen LogP contribution in [0.3, 0.4) is 0 Å². The van der Waals surface area contributed by atoms with Crippen molar-refractivity contribution in [3.05, 3.63) is 35.4 Å². The summed E-state index contributed by atoms with van der Waals surface area (Å²) in [4.78, 5) is 12.1. The highest BCUT2D eigenvalue weighted by Gasteiger charge is 2.21. The number of aryl methyl sites for hydroxylation is 1. The Hall–Kier alpha value is -1.00. The van der Waals surface area contributed by atoms with Gasteiger partial charge in [0, 0.05) is 11.3 Å². The molecular formula is C17H24N2OS.